The average Bonchev–Trinajstić information content (AvgIpc) is 1.41. The predicted octanol–water partition coefficient (Wildman–Crippen LogP) is 4.23. The first kappa shape index (κ1) is 78.8. The van der Waals surface area contributed by atoms with E-state index in [1.165, 1.54) is 33.1 Å². The highest BCUT2D eigenvalue weighted by Gasteiger charge is 2.44. The van der Waals surface area contributed by atoms with Crippen molar-refractivity contribution in [1.29, 1.82) is 0 Å². The Morgan fingerprint density at radius 1 is 0.696 bits per heavy atom. The molecular weight excluding hydrogens is 1180 g/mol. The van der Waals surface area contributed by atoms with E-state index in [1.54, 1.807) is 109 Å². The molecule has 11 amide bonds. The van der Waals surface area contributed by atoms with Crippen molar-refractivity contribution < 1.29 is 67.3 Å². The first-order chi connectivity index (χ1) is 43.4. The van der Waals surface area contributed by atoms with Crippen LogP contribution in [0, 0.1) is 29.6 Å². The second kappa shape index (κ2) is 39.2. The number of nitrogens with zero attached hydrogens (tertiary/aromatic N) is 3. The van der Waals surface area contributed by atoms with Crippen molar-refractivity contribution in [3.63, 3.8) is 0 Å². The molecule has 13 atom stereocenters. The second-order valence-electron chi connectivity index (χ2n) is 25.3. The molecule has 1 saturated heterocycles. The van der Waals surface area contributed by atoms with Crippen LogP contribution in [0.3, 0.4) is 0 Å². The van der Waals surface area contributed by atoms with Crippen LogP contribution in [0.25, 0.3) is 0 Å². The first-order valence-electron chi connectivity index (χ1n) is 32.3. The predicted molar refractivity (Wildman–Crippen MR) is 350 cm³/mol. The summed E-state index contributed by atoms with van der Waals surface area (Å²) < 4.78 is 17.7. The molecule has 0 aromatic heterocycles. The van der Waals surface area contributed by atoms with Crippen molar-refractivity contribution in [1.82, 2.24) is 46.6 Å². The number of anilines is 1. The Hall–Kier alpha value is -7.42. The van der Waals surface area contributed by atoms with Gasteiger partial charge >= 0.3 is 12.1 Å². The van der Waals surface area contributed by atoms with Crippen molar-refractivity contribution in [2.75, 3.05) is 53.3 Å². The molecule has 1 aliphatic heterocycles. The molecule has 1 fully saturated rings. The monoisotopic (exact) mass is 1290 g/mol. The van der Waals surface area contributed by atoms with Crippen molar-refractivity contribution in [3.8, 4) is 0 Å². The van der Waals surface area contributed by atoms with E-state index in [0.717, 1.165) is 0 Å². The van der Waals surface area contributed by atoms with Gasteiger partial charge < -0.3 is 77.8 Å². The van der Waals surface area contributed by atoms with Crippen molar-refractivity contribution in [2.24, 2.45) is 41.1 Å². The third kappa shape index (κ3) is 23.9. The van der Waals surface area contributed by atoms with E-state index in [0.29, 0.717) is 68.4 Å². The molecule has 516 valence electrons. The van der Waals surface area contributed by atoms with Crippen LogP contribution < -0.4 is 48.7 Å². The van der Waals surface area contributed by atoms with Gasteiger partial charge in [-0.1, -0.05) is 111 Å². The topological polar surface area (TPSA) is 365 Å². The number of carbonyl (C=O) groups excluding carboxylic acids is 10. The number of hydrogen-bond acceptors (Lipinski definition) is 15. The fourth-order valence-corrected chi connectivity index (χ4v) is 11.7. The lowest BCUT2D eigenvalue weighted by molar-refractivity contribution is -0.148. The molecule has 92 heavy (non-hydrogen) atoms. The molecule has 26 heteroatoms. The molecule has 2 aromatic rings. The summed E-state index contributed by atoms with van der Waals surface area (Å²) in [6.07, 6.45) is 0.382. The minimum atomic E-state index is -1.14. The van der Waals surface area contributed by atoms with Gasteiger partial charge in [0.25, 0.3) is 0 Å². The summed E-state index contributed by atoms with van der Waals surface area (Å²) >= 11 is 0. The summed E-state index contributed by atoms with van der Waals surface area (Å²) in [7, 11) is 6.08. The molecule has 1 aliphatic rings. The fourth-order valence-electron chi connectivity index (χ4n) is 11.7. The molecule has 0 aliphatic carbocycles. The normalized spacial score (nSPS) is 17.0. The number of urea groups is 1. The van der Waals surface area contributed by atoms with E-state index in [9.17, 15) is 53.1 Å². The van der Waals surface area contributed by atoms with Crippen molar-refractivity contribution >= 4 is 65.1 Å². The van der Waals surface area contributed by atoms with Crippen LogP contribution in [0.1, 0.15) is 151 Å². The number of aliphatic hydroxyl groups is 1. The number of nitrogens with one attached hydrogen (secondary N) is 7. The molecule has 0 unspecified atom stereocenters. The zero-order chi connectivity index (χ0) is 69.1. The number of aliphatic hydroxyl groups excluding tert-OH is 1. The number of rotatable bonds is 38. The van der Waals surface area contributed by atoms with E-state index >= 15 is 0 Å². The standard InChI is InChI=1S/C66H108N12O14/c1-16-41(8)56(51(90-14)36-52(80)78-35-23-28-50(78)58(91-15)42(9)59(82)70-43(10)57(81)46-24-18-17-19-25-46)76(12)64(87)54(39(4)5)75-63(86)55(40(6)7)77(13)66(89)92-37-45-29-31-47(32-30-45)72-60(83)49(27-22-34-69-65(68)88)73-62(85)53(38(2)3)74-61(84)48(71-44(11)79)26-20-21-33-67/h17-19,24-25,29-32,38-43,48-51,53-58,81H,16,20-23,26-28,33-37,67H2,1-15H3,(H,70,82)(H,71,79)(H,72,83)(H,73,85)(H,74,84)(H,75,86)(H3,68,69,88)/t41-,42+,43+,48-,49-,50-,51+,53-,54-,55-,56-,57+,58+/m0/s1. The largest absolute Gasteiger partial charge is 0.445 e. The third-order valence-electron chi connectivity index (χ3n) is 17.2. The molecule has 2 aromatic carbocycles. The number of benzene rings is 2. The number of unbranched alkanes of at least 4 members (excludes halogenated alkanes) is 1. The van der Waals surface area contributed by atoms with E-state index in [2.05, 4.69) is 37.2 Å². The van der Waals surface area contributed by atoms with E-state index in [-0.39, 0.29) is 50.1 Å². The zero-order valence-electron chi connectivity index (χ0n) is 56.9. The molecule has 0 radical (unpaired) electrons. The lowest BCUT2D eigenvalue weighted by Crippen LogP contribution is -2.60. The Morgan fingerprint density at radius 3 is 1.86 bits per heavy atom. The Kier molecular flexibility index (Phi) is 33.6. The Morgan fingerprint density at radius 2 is 1.30 bits per heavy atom. The number of primary amides is 1. The van der Waals surface area contributed by atoms with Gasteiger partial charge in [0.2, 0.25) is 47.3 Å². The summed E-state index contributed by atoms with van der Waals surface area (Å²) in [5.41, 5.74) is 12.4. The number of hydrogen-bond donors (Lipinski definition) is 10. The highest BCUT2D eigenvalue weighted by Crippen LogP contribution is 2.31. The minimum absolute atomic E-state index is 0.0663. The SMILES string of the molecule is CC[C@H](C)[C@@H]([C@@H](CC(=O)N1CCC[C@H]1[C@H](OC)[C@@H](C)C(=O)N[C@H](C)[C@@H](O)c1ccccc1)OC)N(C)C(=O)[C@@H](NC(=O)[C@H](C(C)C)N(C)C(=O)OCc1ccc(NC(=O)[C@H](CCCNC(N)=O)NC(=O)[C@@H](NC(=O)[C@H](CCCCN)NC(C)=O)C(C)C)cc1)C(C)C. The lowest BCUT2D eigenvalue weighted by atomic mass is 9.89. The maximum absolute atomic E-state index is 14.8. The third-order valence-corrected chi connectivity index (χ3v) is 17.2. The van der Waals surface area contributed by atoms with Gasteiger partial charge in [-0.15, -0.1) is 0 Å². The fraction of sp³-hybridized carbons (Fsp3) is 0.667. The molecule has 12 N–H and O–H groups in total. The molecule has 0 bridgehead atoms. The van der Waals surface area contributed by atoms with Crippen molar-refractivity contribution in [2.45, 2.75) is 207 Å². The summed E-state index contributed by atoms with van der Waals surface area (Å²) in [5.74, 6) is -5.99. The highest BCUT2D eigenvalue weighted by atomic mass is 16.6. The lowest BCUT2D eigenvalue weighted by Gasteiger charge is -2.41. The first-order valence-corrected chi connectivity index (χ1v) is 32.3. The van der Waals surface area contributed by atoms with Gasteiger partial charge in [0, 0.05) is 54.0 Å². The van der Waals surface area contributed by atoms with Crippen LogP contribution in [0.15, 0.2) is 54.6 Å². The summed E-state index contributed by atoms with van der Waals surface area (Å²) in [5, 5.41) is 30.2. The van der Waals surface area contributed by atoms with E-state index < -0.39 is 138 Å². The highest BCUT2D eigenvalue weighted by molar-refractivity contribution is 5.99. The van der Waals surface area contributed by atoms with E-state index in [1.807, 2.05) is 32.0 Å². The summed E-state index contributed by atoms with van der Waals surface area (Å²) in [6, 6.07) is 7.69. The van der Waals surface area contributed by atoms with Gasteiger partial charge in [0.1, 0.15) is 36.8 Å². The average molecular weight is 1290 g/mol. The maximum Gasteiger partial charge on any atom is 0.410 e. The Labute approximate surface area is 544 Å². The molecule has 1 heterocycles. The van der Waals surface area contributed by atoms with Crippen LogP contribution in [0.5, 0.6) is 0 Å². The Bertz CT molecular complexity index is 2700. The number of amides is 11. The van der Waals surface area contributed by atoms with Gasteiger partial charge in [-0.3, -0.25) is 43.3 Å². The molecule has 3 rings (SSSR count). The smallest absolute Gasteiger partial charge is 0.410 e. The molecule has 0 spiro atoms. The molecule has 0 saturated carbocycles. The Balaban J connectivity index is 1.72. The second-order valence-corrected chi connectivity index (χ2v) is 25.3. The van der Waals surface area contributed by atoms with Crippen LogP contribution >= 0.6 is 0 Å². The summed E-state index contributed by atoms with van der Waals surface area (Å²) in [4.78, 5) is 140. The number of nitrogens with two attached hydrogens (primary N) is 2. The number of likely N-dealkylation sites (N-methyl/N-ethyl adjacent to an activating group) is 2. The van der Waals surface area contributed by atoms with E-state index in [4.69, 9.17) is 25.7 Å². The van der Waals surface area contributed by atoms with Crippen LogP contribution in [-0.2, 0) is 59.2 Å². The van der Waals surface area contributed by atoms with Gasteiger partial charge in [-0.05, 0) is 105 Å². The van der Waals surface area contributed by atoms with Crippen LogP contribution in [0.2, 0.25) is 0 Å². The number of likely N-dealkylation sites (tertiary alicyclic amines) is 1. The zero-order valence-corrected chi connectivity index (χ0v) is 56.9. The maximum atomic E-state index is 14.8. The van der Waals surface area contributed by atoms with Gasteiger partial charge in [0.15, 0.2) is 0 Å². The molecule has 26 nitrogen and oxygen atoms in total. The van der Waals surface area contributed by atoms with Gasteiger partial charge in [-0.25, -0.2) is 9.59 Å². The number of carbonyl (C=O) groups is 10. The van der Waals surface area contributed by atoms with Gasteiger partial charge in [-0.2, -0.15) is 0 Å². The minimum Gasteiger partial charge on any atom is -0.445 e. The quantitative estimate of drug-likeness (QED) is 0.0421. The van der Waals surface area contributed by atoms with Gasteiger partial charge in [0.05, 0.1) is 48.8 Å². The molecular formula is C66H108N12O14. The summed E-state index contributed by atoms with van der Waals surface area (Å²) in [6.45, 7) is 20.0. The van der Waals surface area contributed by atoms with Crippen LogP contribution in [-0.4, -0.2) is 188 Å². The van der Waals surface area contributed by atoms with Crippen LogP contribution in [0.4, 0.5) is 15.3 Å². The number of methoxy groups -OCH3 is 2. The van der Waals surface area contributed by atoms with Crippen molar-refractivity contribution in [3.05, 3.63) is 65.7 Å². The number of ether oxygens (including phenoxy) is 3.